The molecule has 0 aromatic heterocycles. The van der Waals surface area contributed by atoms with E-state index in [1.165, 1.54) is 38.2 Å². The monoisotopic (exact) mass is 307 g/mol. The Kier molecular flexibility index (Phi) is 2.97. The van der Waals surface area contributed by atoms with Crippen LogP contribution in [0, 0.1) is 28.5 Å². The zero-order valence-corrected chi connectivity index (χ0v) is 13.3. The van der Waals surface area contributed by atoms with E-state index in [-0.39, 0.29) is 17.3 Å². The number of hydrogen-bond donors (Lipinski definition) is 1. The molecular formula is C18H23ClFN. The molecule has 4 fully saturated rings. The fourth-order valence-electron chi connectivity index (χ4n) is 6.25. The Labute approximate surface area is 131 Å². The summed E-state index contributed by atoms with van der Waals surface area (Å²) in [6.07, 6.45) is 7.59. The van der Waals surface area contributed by atoms with Gasteiger partial charge in [0.25, 0.3) is 0 Å². The van der Waals surface area contributed by atoms with Crippen LogP contribution in [0.4, 0.5) is 4.39 Å². The van der Waals surface area contributed by atoms with Gasteiger partial charge in [-0.15, -0.1) is 0 Å². The summed E-state index contributed by atoms with van der Waals surface area (Å²) in [6.45, 7) is 2.42. The molecule has 2 N–H and O–H groups in total. The summed E-state index contributed by atoms with van der Waals surface area (Å²) in [7, 11) is 0. The van der Waals surface area contributed by atoms with E-state index < -0.39 is 0 Å². The minimum absolute atomic E-state index is 0.105. The molecule has 4 bridgehead atoms. The highest BCUT2D eigenvalue weighted by Crippen LogP contribution is 2.67. The number of halogens is 2. The molecule has 5 rings (SSSR count). The van der Waals surface area contributed by atoms with Crippen LogP contribution in [-0.4, -0.2) is 0 Å². The van der Waals surface area contributed by atoms with Crippen molar-refractivity contribution in [1.29, 1.82) is 0 Å². The molecule has 4 aliphatic rings. The van der Waals surface area contributed by atoms with Crippen molar-refractivity contribution >= 4 is 11.6 Å². The predicted octanol–water partition coefficient (Wildman–Crippen LogP) is 5.09. The summed E-state index contributed by atoms with van der Waals surface area (Å²) < 4.78 is 14.3. The molecule has 0 radical (unpaired) electrons. The van der Waals surface area contributed by atoms with Gasteiger partial charge in [0, 0.05) is 16.6 Å². The highest BCUT2D eigenvalue weighted by atomic mass is 35.5. The lowest BCUT2D eigenvalue weighted by Crippen LogP contribution is -2.54. The van der Waals surface area contributed by atoms with Gasteiger partial charge in [-0.1, -0.05) is 24.6 Å². The Bertz CT molecular complexity index is 571. The summed E-state index contributed by atoms with van der Waals surface area (Å²) in [6, 6.07) is 4.77. The van der Waals surface area contributed by atoms with E-state index in [1.54, 1.807) is 12.1 Å². The van der Waals surface area contributed by atoms with Gasteiger partial charge in [0.1, 0.15) is 5.82 Å². The molecule has 114 valence electrons. The lowest BCUT2D eigenvalue weighted by molar-refractivity contribution is -0.114. The van der Waals surface area contributed by atoms with Crippen LogP contribution in [-0.2, 0) is 0 Å². The fraction of sp³-hybridized carbons (Fsp3) is 0.667. The zero-order valence-electron chi connectivity index (χ0n) is 12.5. The Hall–Kier alpha value is -0.600. The maximum Gasteiger partial charge on any atom is 0.129 e. The SMILES string of the molecule is CC12CC3CC(C1)CC(C(N)c1ccc(Cl)cc1F)(C3)C2. The standard InChI is InChI=1S/C18H23ClFN/c1-17-6-11-4-12(7-17)9-18(8-11,10-17)16(21)14-3-2-13(19)5-15(14)20/h2-3,5,11-12,16H,4,6-10,21H2,1H3. The molecule has 0 saturated heterocycles. The van der Waals surface area contributed by atoms with E-state index in [9.17, 15) is 4.39 Å². The first-order chi connectivity index (χ1) is 9.89. The maximum absolute atomic E-state index is 14.3. The molecular weight excluding hydrogens is 285 g/mol. The van der Waals surface area contributed by atoms with Gasteiger partial charge >= 0.3 is 0 Å². The van der Waals surface area contributed by atoms with Gasteiger partial charge in [0.05, 0.1) is 0 Å². The topological polar surface area (TPSA) is 26.0 Å². The van der Waals surface area contributed by atoms with Crippen LogP contribution in [0.5, 0.6) is 0 Å². The van der Waals surface area contributed by atoms with Gasteiger partial charge in [-0.2, -0.15) is 0 Å². The van der Waals surface area contributed by atoms with Crippen molar-refractivity contribution in [3.8, 4) is 0 Å². The van der Waals surface area contributed by atoms with E-state index in [1.807, 2.05) is 0 Å². The van der Waals surface area contributed by atoms with E-state index in [0.29, 0.717) is 16.0 Å². The first-order valence-corrected chi connectivity index (χ1v) is 8.48. The second kappa shape index (κ2) is 4.45. The lowest BCUT2D eigenvalue weighted by atomic mass is 9.43. The smallest absolute Gasteiger partial charge is 0.129 e. The molecule has 4 aliphatic carbocycles. The fourth-order valence-corrected chi connectivity index (χ4v) is 6.40. The van der Waals surface area contributed by atoms with Crippen molar-refractivity contribution in [2.75, 3.05) is 0 Å². The van der Waals surface area contributed by atoms with Crippen LogP contribution in [0.3, 0.4) is 0 Å². The third-order valence-corrected chi connectivity index (χ3v) is 6.59. The van der Waals surface area contributed by atoms with Crippen molar-refractivity contribution in [2.24, 2.45) is 28.4 Å². The first-order valence-electron chi connectivity index (χ1n) is 8.10. The average Bonchev–Trinajstić information content (AvgIpc) is 2.35. The minimum Gasteiger partial charge on any atom is -0.323 e. The number of benzene rings is 1. The summed E-state index contributed by atoms with van der Waals surface area (Å²) in [5, 5.41) is 0.445. The molecule has 0 aliphatic heterocycles. The van der Waals surface area contributed by atoms with Gasteiger partial charge < -0.3 is 5.73 Å². The molecule has 4 saturated carbocycles. The summed E-state index contributed by atoms with van der Waals surface area (Å²) >= 11 is 5.88. The van der Waals surface area contributed by atoms with Crippen LogP contribution >= 0.6 is 11.6 Å². The quantitative estimate of drug-likeness (QED) is 0.809. The van der Waals surface area contributed by atoms with E-state index in [0.717, 1.165) is 18.3 Å². The van der Waals surface area contributed by atoms with Gasteiger partial charge in [0.2, 0.25) is 0 Å². The molecule has 1 aromatic carbocycles. The second-order valence-electron chi connectivity index (χ2n) is 8.28. The maximum atomic E-state index is 14.3. The molecule has 0 heterocycles. The second-order valence-corrected chi connectivity index (χ2v) is 8.71. The van der Waals surface area contributed by atoms with Gasteiger partial charge in [-0.25, -0.2) is 4.39 Å². The molecule has 3 unspecified atom stereocenters. The molecule has 21 heavy (non-hydrogen) atoms. The number of rotatable bonds is 2. The van der Waals surface area contributed by atoms with Gasteiger partial charge in [-0.3, -0.25) is 0 Å². The Morgan fingerprint density at radius 1 is 1.24 bits per heavy atom. The predicted molar refractivity (Wildman–Crippen MR) is 83.6 cm³/mol. The Balaban J connectivity index is 1.72. The normalized spacial score (nSPS) is 42.3. The summed E-state index contributed by atoms with van der Waals surface area (Å²) in [4.78, 5) is 0. The van der Waals surface area contributed by atoms with Crippen molar-refractivity contribution in [1.82, 2.24) is 0 Å². The molecule has 1 aromatic rings. The first kappa shape index (κ1) is 14.0. The van der Waals surface area contributed by atoms with E-state index in [2.05, 4.69) is 6.92 Å². The minimum atomic E-state index is -0.240. The third-order valence-electron chi connectivity index (χ3n) is 6.36. The van der Waals surface area contributed by atoms with E-state index >= 15 is 0 Å². The van der Waals surface area contributed by atoms with Crippen LogP contribution in [0.25, 0.3) is 0 Å². The lowest BCUT2D eigenvalue weighted by Gasteiger charge is -2.63. The molecule has 3 heteroatoms. The molecule has 0 spiro atoms. The summed E-state index contributed by atoms with van der Waals surface area (Å²) in [5.74, 6) is 1.37. The van der Waals surface area contributed by atoms with Gasteiger partial charge in [-0.05, 0) is 73.3 Å². The number of hydrogen-bond acceptors (Lipinski definition) is 1. The van der Waals surface area contributed by atoms with Crippen LogP contribution < -0.4 is 5.73 Å². The Morgan fingerprint density at radius 2 is 1.90 bits per heavy atom. The van der Waals surface area contributed by atoms with E-state index in [4.69, 9.17) is 17.3 Å². The Morgan fingerprint density at radius 3 is 2.48 bits per heavy atom. The summed E-state index contributed by atoms with van der Waals surface area (Å²) in [5.41, 5.74) is 7.82. The van der Waals surface area contributed by atoms with Crippen molar-refractivity contribution < 1.29 is 4.39 Å². The van der Waals surface area contributed by atoms with Crippen molar-refractivity contribution in [3.63, 3.8) is 0 Å². The largest absolute Gasteiger partial charge is 0.323 e. The average molecular weight is 308 g/mol. The highest BCUT2D eigenvalue weighted by molar-refractivity contribution is 6.30. The molecule has 0 amide bonds. The van der Waals surface area contributed by atoms with Gasteiger partial charge in [0.15, 0.2) is 0 Å². The van der Waals surface area contributed by atoms with Crippen LogP contribution in [0.1, 0.15) is 57.1 Å². The van der Waals surface area contributed by atoms with Crippen molar-refractivity contribution in [3.05, 3.63) is 34.6 Å². The highest BCUT2D eigenvalue weighted by Gasteiger charge is 2.58. The molecule has 3 atom stereocenters. The van der Waals surface area contributed by atoms with Crippen LogP contribution in [0.2, 0.25) is 5.02 Å². The van der Waals surface area contributed by atoms with Crippen molar-refractivity contribution in [2.45, 2.75) is 51.5 Å². The number of nitrogens with two attached hydrogens (primary N) is 1. The molecule has 1 nitrogen and oxygen atoms in total. The zero-order chi connectivity index (χ0) is 14.8. The third kappa shape index (κ3) is 2.14. The van der Waals surface area contributed by atoms with Crippen LogP contribution in [0.15, 0.2) is 18.2 Å².